The summed E-state index contributed by atoms with van der Waals surface area (Å²) < 4.78 is 11.6. The number of nitrogens with zero attached hydrogens (tertiary/aromatic N) is 3. The molecule has 5 nitrogen and oxygen atoms in total. The molecule has 0 N–H and O–H groups in total. The van der Waals surface area contributed by atoms with Gasteiger partial charge in [0.15, 0.2) is 11.5 Å². The number of fused-ring (bicyclic) bond motifs is 2. The summed E-state index contributed by atoms with van der Waals surface area (Å²) in [5.74, 6) is 1.59. The van der Waals surface area contributed by atoms with Crippen molar-refractivity contribution in [1.29, 1.82) is 0 Å². The molecular weight excluding hydrogens is 362 g/mol. The van der Waals surface area contributed by atoms with E-state index < -0.39 is 0 Å². The van der Waals surface area contributed by atoms with Crippen molar-refractivity contribution in [2.24, 2.45) is 9.98 Å². The van der Waals surface area contributed by atoms with Crippen LogP contribution in [-0.2, 0) is 0 Å². The first-order valence-corrected chi connectivity index (χ1v) is 10.8. The van der Waals surface area contributed by atoms with Crippen molar-refractivity contribution in [2.45, 2.75) is 58.4 Å². The predicted molar refractivity (Wildman–Crippen MR) is 119 cm³/mol. The molecule has 5 heteroatoms. The Kier molecular flexibility index (Phi) is 6.02. The van der Waals surface area contributed by atoms with Gasteiger partial charge >= 0.3 is 0 Å². The quantitative estimate of drug-likeness (QED) is 0.482. The van der Waals surface area contributed by atoms with Gasteiger partial charge in [-0.2, -0.15) is 0 Å². The molecule has 0 fully saturated rings. The summed E-state index contributed by atoms with van der Waals surface area (Å²) in [5.41, 5.74) is 5.69. The minimum atomic E-state index is 0.340. The van der Waals surface area contributed by atoms with Crippen LogP contribution >= 0.6 is 0 Å². The Labute approximate surface area is 173 Å². The molecule has 154 valence electrons. The predicted octanol–water partition coefficient (Wildman–Crippen LogP) is 5.37. The smallest absolute Gasteiger partial charge is 0.187 e. The Balaban J connectivity index is 1.54. The summed E-state index contributed by atoms with van der Waals surface area (Å²) in [4.78, 5) is 12.3. The lowest BCUT2D eigenvalue weighted by Crippen LogP contribution is -2.37. The van der Waals surface area contributed by atoms with Crippen LogP contribution in [0.5, 0.6) is 11.5 Å². The van der Waals surface area contributed by atoms with E-state index >= 15 is 0 Å². The summed E-state index contributed by atoms with van der Waals surface area (Å²) in [6.45, 7) is 5.46. The summed E-state index contributed by atoms with van der Waals surface area (Å²) in [6.07, 6.45) is 12.8. The highest BCUT2D eigenvalue weighted by Crippen LogP contribution is 2.42. The van der Waals surface area contributed by atoms with Crippen molar-refractivity contribution in [3.63, 3.8) is 0 Å². The number of aryl methyl sites for hydroxylation is 1. The van der Waals surface area contributed by atoms with Gasteiger partial charge in [0, 0.05) is 24.7 Å². The van der Waals surface area contributed by atoms with Gasteiger partial charge in [0.2, 0.25) is 0 Å². The molecule has 0 aromatic heterocycles. The third kappa shape index (κ3) is 4.39. The minimum absolute atomic E-state index is 0.340. The van der Waals surface area contributed by atoms with Crippen molar-refractivity contribution < 1.29 is 9.47 Å². The largest absolute Gasteiger partial charge is 0.486 e. The SMILES string of the molecule is CCCC(CCC1=CN(C)C2C=CCCC2=N1)=Nc1c(C)ccc2c1OCCO2. The van der Waals surface area contributed by atoms with Gasteiger partial charge in [-0.3, -0.25) is 9.98 Å². The fourth-order valence-corrected chi connectivity index (χ4v) is 4.15. The van der Waals surface area contributed by atoms with E-state index in [1.165, 1.54) is 11.4 Å². The lowest BCUT2D eigenvalue weighted by molar-refractivity contribution is 0.172. The third-order valence-corrected chi connectivity index (χ3v) is 5.67. The molecule has 2 heterocycles. The Morgan fingerprint density at radius 1 is 1.24 bits per heavy atom. The second-order valence-corrected chi connectivity index (χ2v) is 7.98. The van der Waals surface area contributed by atoms with Crippen LogP contribution in [0.25, 0.3) is 0 Å². The van der Waals surface area contributed by atoms with Gasteiger partial charge in [0.1, 0.15) is 18.9 Å². The molecule has 0 bridgehead atoms. The Bertz CT molecular complexity index is 882. The van der Waals surface area contributed by atoms with Gasteiger partial charge in [-0.25, -0.2) is 0 Å². The zero-order valence-electron chi connectivity index (χ0n) is 17.8. The first kappa shape index (κ1) is 19.7. The van der Waals surface area contributed by atoms with E-state index in [9.17, 15) is 0 Å². The van der Waals surface area contributed by atoms with Crippen molar-refractivity contribution in [1.82, 2.24) is 4.90 Å². The Morgan fingerprint density at radius 2 is 2.10 bits per heavy atom. The molecule has 3 aliphatic rings. The molecule has 29 heavy (non-hydrogen) atoms. The Hall–Kier alpha value is -2.56. The van der Waals surface area contributed by atoms with E-state index in [4.69, 9.17) is 19.5 Å². The molecule has 0 amide bonds. The van der Waals surface area contributed by atoms with Crippen LogP contribution in [0.1, 0.15) is 51.0 Å². The van der Waals surface area contributed by atoms with Crippen molar-refractivity contribution in [3.8, 4) is 11.5 Å². The fraction of sp³-hybridized carbons (Fsp3) is 0.500. The molecule has 0 saturated carbocycles. The van der Waals surface area contributed by atoms with Gasteiger partial charge < -0.3 is 14.4 Å². The van der Waals surface area contributed by atoms with Crippen LogP contribution in [0, 0.1) is 6.92 Å². The van der Waals surface area contributed by atoms with Gasteiger partial charge in [-0.15, -0.1) is 0 Å². The van der Waals surface area contributed by atoms with E-state index in [-0.39, 0.29) is 0 Å². The molecule has 1 aromatic rings. The lowest BCUT2D eigenvalue weighted by atomic mass is 9.97. The van der Waals surface area contributed by atoms with E-state index in [2.05, 4.69) is 50.2 Å². The van der Waals surface area contributed by atoms with Crippen LogP contribution in [0.15, 0.2) is 46.2 Å². The number of ether oxygens (including phenoxy) is 2. The molecule has 1 aromatic carbocycles. The molecule has 1 aliphatic carbocycles. The Morgan fingerprint density at radius 3 is 2.97 bits per heavy atom. The number of allylic oxidation sites excluding steroid dienone is 2. The van der Waals surface area contributed by atoms with Crippen LogP contribution < -0.4 is 9.47 Å². The summed E-state index contributed by atoms with van der Waals surface area (Å²) in [7, 11) is 2.15. The summed E-state index contributed by atoms with van der Waals surface area (Å²) in [5, 5.41) is 0. The number of benzene rings is 1. The fourth-order valence-electron chi connectivity index (χ4n) is 4.15. The maximum absolute atomic E-state index is 5.90. The van der Waals surface area contributed by atoms with E-state index in [1.807, 2.05) is 6.07 Å². The number of hydrogen-bond acceptors (Lipinski definition) is 5. The number of aliphatic imine (C=N–C) groups is 2. The first-order valence-electron chi connectivity index (χ1n) is 10.8. The molecule has 4 rings (SSSR count). The number of rotatable bonds is 6. The average molecular weight is 394 g/mol. The first-order chi connectivity index (χ1) is 14.2. The zero-order valence-corrected chi connectivity index (χ0v) is 17.8. The van der Waals surface area contributed by atoms with Crippen molar-refractivity contribution in [3.05, 3.63) is 41.7 Å². The minimum Gasteiger partial charge on any atom is -0.486 e. The normalized spacial score (nSPS) is 20.9. The van der Waals surface area contributed by atoms with Crippen LogP contribution in [0.4, 0.5) is 5.69 Å². The number of likely N-dealkylation sites (N-methyl/N-ethyl adjacent to an activating group) is 1. The van der Waals surface area contributed by atoms with Gasteiger partial charge in [-0.05, 0) is 50.7 Å². The lowest BCUT2D eigenvalue weighted by Gasteiger charge is -2.32. The van der Waals surface area contributed by atoms with Gasteiger partial charge in [-0.1, -0.05) is 31.6 Å². The van der Waals surface area contributed by atoms with Crippen molar-refractivity contribution >= 4 is 17.1 Å². The van der Waals surface area contributed by atoms with Crippen LogP contribution in [0.3, 0.4) is 0 Å². The standard InChI is InChI=1S/C24H31N3O2/c1-4-7-18(26-23-17(2)10-13-22-24(23)29-15-14-28-22)11-12-19-16-27(3)21-9-6-5-8-20(21)25-19/h6,9-10,13,16,21H,4-5,7-8,11-12,14-15H2,1-3H3. The second kappa shape index (κ2) is 8.85. The topological polar surface area (TPSA) is 46.4 Å². The maximum atomic E-state index is 5.90. The van der Waals surface area contributed by atoms with Crippen molar-refractivity contribution in [2.75, 3.05) is 20.3 Å². The van der Waals surface area contributed by atoms with Gasteiger partial charge in [0.05, 0.1) is 11.7 Å². The highest BCUT2D eigenvalue weighted by atomic mass is 16.6. The van der Waals surface area contributed by atoms with Crippen LogP contribution in [-0.4, -0.2) is 42.6 Å². The molecule has 0 radical (unpaired) electrons. The van der Waals surface area contributed by atoms with Gasteiger partial charge in [0.25, 0.3) is 0 Å². The van der Waals surface area contributed by atoms with E-state index in [0.29, 0.717) is 19.3 Å². The van der Waals surface area contributed by atoms with Crippen LogP contribution in [0.2, 0.25) is 0 Å². The highest BCUT2D eigenvalue weighted by molar-refractivity contribution is 5.94. The average Bonchev–Trinajstić information content (AvgIpc) is 2.74. The number of hydrogen-bond donors (Lipinski definition) is 0. The third-order valence-electron chi connectivity index (χ3n) is 5.67. The molecule has 1 atom stereocenters. The van der Waals surface area contributed by atoms with E-state index in [0.717, 1.165) is 67.0 Å². The monoisotopic (exact) mass is 393 g/mol. The maximum Gasteiger partial charge on any atom is 0.187 e. The van der Waals surface area contributed by atoms with E-state index in [1.54, 1.807) is 0 Å². The zero-order chi connectivity index (χ0) is 20.2. The molecular formula is C24H31N3O2. The summed E-state index contributed by atoms with van der Waals surface area (Å²) >= 11 is 0. The highest BCUT2D eigenvalue weighted by Gasteiger charge is 2.23. The molecule has 1 unspecified atom stereocenters. The molecule has 0 saturated heterocycles. The molecule has 2 aliphatic heterocycles. The molecule has 0 spiro atoms. The summed E-state index contributed by atoms with van der Waals surface area (Å²) in [6, 6.07) is 4.39. The second-order valence-electron chi connectivity index (χ2n) is 7.98.